The van der Waals surface area contributed by atoms with Crippen LogP contribution in [0.15, 0.2) is 57.9 Å². The number of benzene rings is 2. The lowest BCUT2D eigenvalue weighted by atomic mass is 10.3. The molecule has 3 N–H and O–H groups in total. The Hall–Kier alpha value is -2.80. The summed E-state index contributed by atoms with van der Waals surface area (Å²) < 4.78 is 33.8. The molecular formula is C21H19BrClN5O4S2. The Labute approximate surface area is 215 Å². The lowest BCUT2D eigenvalue weighted by Gasteiger charge is -2.12. The van der Waals surface area contributed by atoms with E-state index in [1.165, 1.54) is 24.3 Å². The van der Waals surface area contributed by atoms with Crippen LogP contribution in [0.25, 0.3) is 0 Å². The van der Waals surface area contributed by atoms with Crippen LogP contribution < -0.4 is 20.1 Å². The Balaban J connectivity index is 1.55. The summed E-state index contributed by atoms with van der Waals surface area (Å²) in [6, 6.07) is 12.5. The zero-order valence-electron chi connectivity index (χ0n) is 17.9. The highest BCUT2D eigenvalue weighted by molar-refractivity contribution is 9.10. The van der Waals surface area contributed by atoms with E-state index < -0.39 is 15.9 Å². The number of amides is 1. The number of rotatable bonds is 7. The highest BCUT2D eigenvalue weighted by atomic mass is 79.9. The largest absolute Gasteiger partial charge is 0.482 e. The molecule has 0 aliphatic rings. The van der Waals surface area contributed by atoms with Gasteiger partial charge < -0.3 is 10.1 Å². The Morgan fingerprint density at radius 3 is 2.35 bits per heavy atom. The molecular weight excluding hydrogens is 566 g/mol. The second-order valence-corrected chi connectivity index (χ2v) is 10.4. The third kappa shape index (κ3) is 7.35. The molecule has 0 aliphatic carbocycles. The molecule has 34 heavy (non-hydrogen) atoms. The molecule has 0 saturated carbocycles. The minimum absolute atomic E-state index is 0.00441. The number of thiocarbonyl (C=S) groups is 1. The summed E-state index contributed by atoms with van der Waals surface area (Å²) in [7, 11) is -3.89. The second kappa shape index (κ2) is 11.1. The topological polar surface area (TPSA) is 122 Å². The molecule has 0 spiro atoms. The zero-order chi connectivity index (χ0) is 24.9. The van der Waals surface area contributed by atoms with Gasteiger partial charge in [0.2, 0.25) is 5.95 Å². The molecule has 9 nitrogen and oxygen atoms in total. The quantitative estimate of drug-likeness (QED) is 0.353. The van der Waals surface area contributed by atoms with Gasteiger partial charge in [-0.05, 0) is 74.6 Å². The first-order chi connectivity index (χ1) is 16.0. The summed E-state index contributed by atoms with van der Waals surface area (Å²) in [6.07, 6.45) is 0. The van der Waals surface area contributed by atoms with Gasteiger partial charge in [-0.3, -0.25) is 10.1 Å². The van der Waals surface area contributed by atoms with Crippen LogP contribution in [0.5, 0.6) is 5.75 Å². The Bertz CT molecular complexity index is 1320. The van der Waals surface area contributed by atoms with E-state index in [9.17, 15) is 13.2 Å². The fourth-order valence-electron chi connectivity index (χ4n) is 2.73. The van der Waals surface area contributed by atoms with Crippen molar-refractivity contribution in [2.45, 2.75) is 18.7 Å². The van der Waals surface area contributed by atoms with Crippen molar-refractivity contribution in [1.29, 1.82) is 0 Å². The molecule has 1 heterocycles. The Morgan fingerprint density at radius 1 is 1.09 bits per heavy atom. The molecule has 0 unspecified atom stereocenters. The molecule has 2 aromatic carbocycles. The number of sulfonamides is 1. The van der Waals surface area contributed by atoms with Crippen molar-refractivity contribution in [2.24, 2.45) is 0 Å². The molecule has 0 fully saturated rings. The van der Waals surface area contributed by atoms with Crippen molar-refractivity contribution < 1.29 is 17.9 Å². The summed E-state index contributed by atoms with van der Waals surface area (Å²) in [5.41, 5.74) is 1.76. The lowest BCUT2D eigenvalue weighted by Crippen LogP contribution is -2.37. The van der Waals surface area contributed by atoms with Gasteiger partial charge in [0.15, 0.2) is 11.7 Å². The summed E-state index contributed by atoms with van der Waals surface area (Å²) >= 11 is 14.5. The molecule has 178 valence electrons. The highest BCUT2D eigenvalue weighted by Crippen LogP contribution is 2.27. The smallest absolute Gasteiger partial charge is 0.264 e. The van der Waals surface area contributed by atoms with Crippen LogP contribution in [-0.2, 0) is 14.8 Å². The van der Waals surface area contributed by atoms with E-state index in [2.05, 4.69) is 41.3 Å². The van der Waals surface area contributed by atoms with Gasteiger partial charge in [0.25, 0.3) is 15.9 Å². The van der Waals surface area contributed by atoms with Gasteiger partial charge in [-0.1, -0.05) is 27.5 Å². The number of nitrogens with one attached hydrogen (secondary N) is 3. The fraction of sp³-hybridized carbons (Fsp3) is 0.143. The standard InChI is InChI=1S/C21H19BrClN5O4S2/c1-12-9-13(2)25-20(24-12)28-34(30,31)16-6-4-15(5-7-16)26-21(33)27-19(29)11-32-18-8-3-14(22)10-17(18)23/h3-10H,11H2,1-2H3,(H,24,25,28)(H2,26,27,29,33). The summed E-state index contributed by atoms with van der Waals surface area (Å²) in [4.78, 5) is 20.3. The normalized spacial score (nSPS) is 10.9. The van der Waals surface area contributed by atoms with Crippen molar-refractivity contribution >= 4 is 72.4 Å². The van der Waals surface area contributed by atoms with Gasteiger partial charge >= 0.3 is 0 Å². The van der Waals surface area contributed by atoms with E-state index in [-0.39, 0.29) is 22.6 Å². The summed E-state index contributed by atoms with van der Waals surface area (Å²) in [5.74, 6) is -0.140. The van der Waals surface area contributed by atoms with Crippen LogP contribution >= 0.6 is 39.7 Å². The van der Waals surface area contributed by atoms with Crippen LogP contribution in [0, 0.1) is 13.8 Å². The van der Waals surface area contributed by atoms with Gasteiger partial charge in [0, 0.05) is 21.5 Å². The number of aryl methyl sites for hydroxylation is 2. The predicted octanol–water partition coefficient (Wildman–Crippen LogP) is 4.20. The first-order valence-corrected chi connectivity index (χ1v) is 12.7. The van der Waals surface area contributed by atoms with Gasteiger partial charge in [-0.15, -0.1) is 0 Å². The van der Waals surface area contributed by atoms with Gasteiger partial charge in [-0.2, -0.15) is 0 Å². The minimum Gasteiger partial charge on any atom is -0.482 e. The van der Waals surface area contributed by atoms with E-state index in [1.807, 2.05) is 0 Å². The van der Waals surface area contributed by atoms with Gasteiger partial charge in [-0.25, -0.2) is 23.1 Å². The number of halogens is 2. The number of anilines is 2. The maximum Gasteiger partial charge on any atom is 0.264 e. The van der Waals surface area contributed by atoms with Gasteiger partial charge in [0.1, 0.15) is 5.75 Å². The zero-order valence-corrected chi connectivity index (χ0v) is 21.9. The number of hydrogen-bond donors (Lipinski definition) is 3. The van der Waals surface area contributed by atoms with Crippen LogP contribution in [-0.4, -0.2) is 36.0 Å². The van der Waals surface area contributed by atoms with E-state index in [0.29, 0.717) is 27.8 Å². The average Bonchev–Trinajstić information content (AvgIpc) is 2.72. The van der Waals surface area contributed by atoms with Crippen molar-refractivity contribution in [3.8, 4) is 5.75 Å². The monoisotopic (exact) mass is 583 g/mol. The molecule has 0 radical (unpaired) electrons. The van der Waals surface area contributed by atoms with Crippen LogP contribution in [0.4, 0.5) is 11.6 Å². The number of carbonyl (C=O) groups is 1. The molecule has 0 atom stereocenters. The third-order valence-corrected chi connectivity index (χ3v) is 6.47. The van der Waals surface area contributed by atoms with E-state index >= 15 is 0 Å². The SMILES string of the molecule is Cc1cc(C)nc(NS(=O)(=O)c2ccc(NC(=S)NC(=O)COc3ccc(Br)cc3Cl)cc2)n1. The molecule has 1 amide bonds. The molecule has 3 rings (SSSR count). The molecule has 0 aliphatic heterocycles. The fourth-order valence-corrected chi connectivity index (χ4v) is 4.63. The van der Waals surface area contributed by atoms with Crippen LogP contribution in [0.1, 0.15) is 11.4 Å². The summed E-state index contributed by atoms with van der Waals surface area (Å²) in [6.45, 7) is 3.19. The van der Waals surface area contributed by atoms with E-state index in [1.54, 1.807) is 38.1 Å². The minimum atomic E-state index is -3.89. The van der Waals surface area contributed by atoms with Crippen molar-refractivity contribution in [3.63, 3.8) is 0 Å². The third-order valence-electron chi connectivity index (χ3n) is 4.14. The summed E-state index contributed by atoms with van der Waals surface area (Å²) in [5, 5.41) is 5.66. The average molecular weight is 585 g/mol. The van der Waals surface area contributed by atoms with Crippen LogP contribution in [0.3, 0.4) is 0 Å². The molecule has 1 aromatic heterocycles. The number of carbonyl (C=O) groups excluding carboxylic acids is 1. The van der Waals surface area contributed by atoms with E-state index in [0.717, 1.165) is 4.47 Å². The number of nitrogens with zero attached hydrogens (tertiary/aromatic N) is 2. The first-order valence-electron chi connectivity index (χ1n) is 9.66. The second-order valence-electron chi connectivity index (χ2n) is 6.97. The Morgan fingerprint density at radius 2 is 1.74 bits per heavy atom. The van der Waals surface area contributed by atoms with Crippen LogP contribution in [0.2, 0.25) is 5.02 Å². The van der Waals surface area contributed by atoms with Crippen molar-refractivity contribution in [3.05, 3.63) is 69.4 Å². The Kier molecular flexibility index (Phi) is 8.42. The molecule has 3 aromatic rings. The van der Waals surface area contributed by atoms with Crippen molar-refractivity contribution in [2.75, 3.05) is 16.6 Å². The number of ether oxygens (including phenoxy) is 1. The van der Waals surface area contributed by atoms with E-state index in [4.69, 9.17) is 28.6 Å². The maximum atomic E-state index is 12.6. The highest BCUT2D eigenvalue weighted by Gasteiger charge is 2.16. The van der Waals surface area contributed by atoms with Gasteiger partial charge in [0.05, 0.1) is 9.92 Å². The molecule has 0 saturated heterocycles. The molecule has 0 bridgehead atoms. The maximum absolute atomic E-state index is 12.6. The molecule has 13 heteroatoms. The predicted molar refractivity (Wildman–Crippen MR) is 138 cm³/mol. The van der Waals surface area contributed by atoms with Crippen molar-refractivity contribution in [1.82, 2.24) is 15.3 Å². The lowest BCUT2D eigenvalue weighted by molar-refractivity contribution is -0.121. The number of hydrogen-bond acceptors (Lipinski definition) is 7. The number of aromatic nitrogens is 2. The first kappa shape index (κ1) is 25.8.